The van der Waals surface area contributed by atoms with E-state index in [1.165, 1.54) is 12.8 Å². The van der Waals surface area contributed by atoms with Gasteiger partial charge in [-0.25, -0.2) is 13.1 Å². The molecule has 1 aromatic carbocycles. The first kappa shape index (κ1) is 17.4. The van der Waals surface area contributed by atoms with Crippen LogP contribution in [0.3, 0.4) is 0 Å². The first-order chi connectivity index (χ1) is 10.5. The predicted molar refractivity (Wildman–Crippen MR) is 91.4 cm³/mol. The van der Waals surface area contributed by atoms with Crippen LogP contribution < -0.4 is 4.72 Å². The normalized spacial score (nSPS) is 19.2. The molecule has 5 heteroatoms. The number of benzene rings is 1. The van der Waals surface area contributed by atoms with Crippen LogP contribution >= 0.6 is 0 Å². The fraction of sp³-hybridized carbons (Fsp3) is 0.647. The van der Waals surface area contributed by atoms with Crippen molar-refractivity contribution in [2.75, 3.05) is 25.4 Å². The number of likely N-dealkylation sites (tertiary alicyclic amines) is 1. The van der Waals surface area contributed by atoms with E-state index in [-0.39, 0.29) is 11.8 Å². The maximum absolute atomic E-state index is 12.1. The first-order valence-electron chi connectivity index (χ1n) is 8.21. The summed E-state index contributed by atoms with van der Waals surface area (Å²) in [5, 5.41) is 0. The Kier molecular flexibility index (Phi) is 6.41. The standard InChI is InChI=1S/C17H28N2O2S/c1-15-8-11-19(12-9-15)16(2)14-18-22(20,21)13-10-17-6-4-3-5-7-17/h3-7,15-16,18H,8-14H2,1-2H3. The van der Waals surface area contributed by atoms with Crippen LogP contribution in [-0.2, 0) is 16.4 Å². The van der Waals surface area contributed by atoms with E-state index in [9.17, 15) is 8.42 Å². The van der Waals surface area contributed by atoms with Gasteiger partial charge < -0.3 is 0 Å². The van der Waals surface area contributed by atoms with Crippen LogP contribution in [0.5, 0.6) is 0 Å². The molecule has 0 aromatic heterocycles. The van der Waals surface area contributed by atoms with Crippen molar-refractivity contribution in [3.63, 3.8) is 0 Å². The molecule has 0 bridgehead atoms. The molecule has 1 aliphatic heterocycles. The summed E-state index contributed by atoms with van der Waals surface area (Å²) in [6.07, 6.45) is 2.99. The highest BCUT2D eigenvalue weighted by Gasteiger charge is 2.21. The topological polar surface area (TPSA) is 49.4 Å². The summed E-state index contributed by atoms with van der Waals surface area (Å²) in [5.74, 6) is 0.951. The van der Waals surface area contributed by atoms with Crippen LogP contribution in [0.25, 0.3) is 0 Å². The van der Waals surface area contributed by atoms with Crippen LogP contribution in [0.4, 0.5) is 0 Å². The summed E-state index contributed by atoms with van der Waals surface area (Å²) < 4.78 is 27.0. The van der Waals surface area contributed by atoms with Crippen molar-refractivity contribution in [1.29, 1.82) is 0 Å². The smallest absolute Gasteiger partial charge is 0.211 e. The largest absolute Gasteiger partial charge is 0.299 e. The number of rotatable bonds is 7. The minimum atomic E-state index is -3.20. The highest BCUT2D eigenvalue weighted by molar-refractivity contribution is 7.89. The summed E-state index contributed by atoms with van der Waals surface area (Å²) in [7, 11) is -3.20. The molecule has 1 atom stereocenters. The van der Waals surface area contributed by atoms with E-state index in [1.54, 1.807) is 0 Å². The summed E-state index contributed by atoms with van der Waals surface area (Å²) >= 11 is 0. The van der Waals surface area contributed by atoms with E-state index in [1.807, 2.05) is 30.3 Å². The average molecular weight is 324 g/mol. The third kappa shape index (κ3) is 5.71. The Morgan fingerprint density at radius 3 is 2.50 bits per heavy atom. The van der Waals surface area contributed by atoms with E-state index in [2.05, 4.69) is 23.5 Å². The molecule has 1 aliphatic rings. The lowest BCUT2D eigenvalue weighted by molar-refractivity contribution is 0.148. The number of sulfonamides is 1. The highest BCUT2D eigenvalue weighted by atomic mass is 32.2. The fourth-order valence-corrected chi connectivity index (χ4v) is 3.96. The van der Waals surface area contributed by atoms with Gasteiger partial charge in [-0.05, 0) is 50.8 Å². The Hall–Kier alpha value is -0.910. The molecule has 1 saturated heterocycles. The zero-order valence-corrected chi connectivity index (χ0v) is 14.5. The Bertz CT molecular complexity index is 537. The van der Waals surface area contributed by atoms with Gasteiger partial charge in [-0.1, -0.05) is 37.3 Å². The third-order valence-electron chi connectivity index (χ3n) is 4.54. The van der Waals surface area contributed by atoms with Gasteiger partial charge in [-0.2, -0.15) is 0 Å². The quantitative estimate of drug-likeness (QED) is 0.837. The van der Waals surface area contributed by atoms with Crippen molar-refractivity contribution in [1.82, 2.24) is 9.62 Å². The predicted octanol–water partition coefficient (Wildman–Crippen LogP) is 2.27. The second-order valence-electron chi connectivity index (χ2n) is 6.47. The highest BCUT2D eigenvalue weighted by Crippen LogP contribution is 2.17. The van der Waals surface area contributed by atoms with Crippen molar-refractivity contribution in [3.05, 3.63) is 35.9 Å². The number of nitrogens with zero attached hydrogens (tertiary/aromatic N) is 1. The van der Waals surface area contributed by atoms with E-state index in [4.69, 9.17) is 0 Å². The second-order valence-corrected chi connectivity index (χ2v) is 8.40. The molecular formula is C17H28N2O2S. The average Bonchev–Trinajstić information content (AvgIpc) is 2.53. The first-order valence-corrected chi connectivity index (χ1v) is 9.87. The second kappa shape index (κ2) is 8.09. The van der Waals surface area contributed by atoms with Crippen LogP contribution in [0, 0.1) is 5.92 Å². The lowest BCUT2D eigenvalue weighted by atomic mass is 9.98. The van der Waals surface area contributed by atoms with Crippen molar-refractivity contribution in [3.8, 4) is 0 Å². The number of hydrogen-bond acceptors (Lipinski definition) is 3. The van der Waals surface area contributed by atoms with E-state index >= 15 is 0 Å². The molecule has 1 N–H and O–H groups in total. The van der Waals surface area contributed by atoms with Gasteiger partial charge >= 0.3 is 0 Å². The molecule has 22 heavy (non-hydrogen) atoms. The molecule has 2 rings (SSSR count). The maximum atomic E-state index is 12.1. The zero-order chi connectivity index (χ0) is 16.0. The fourth-order valence-electron chi connectivity index (χ4n) is 2.82. The van der Waals surface area contributed by atoms with Gasteiger partial charge in [0.2, 0.25) is 10.0 Å². The molecule has 0 aliphatic carbocycles. The van der Waals surface area contributed by atoms with Crippen molar-refractivity contribution >= 4 is 10.0 Å². The van der Waals surface area contributed by atoms with E-state index in [0.717, 1.165) is 24.6 Å². The molecule has 4 nitrogen and oxygen atoms in total. The maximum Gasteiger partial charge on any atom is 0.211 e. The van der Waals surface area contributed by atoms with Gasteiger partial charge in [-0.3, -0.25) is 4.90 Å². The van der Waals surface area contributed by atoms with Crippen LogP contribution in [0.15, 0.2) is 30.3 Å². The molecular weight excluding hydrogens is 296 g/mol. The number of aryl methyl sites for hydroxylation is 1. The van der Waals surface area contributed by atoms with E-state index in [0.29, 0.717) is 13.0 Å². The molecule has 124 valence electrons. The summed E-state index contributed by atoms with van der Waals surface area (Å²) in [5.41, 5.74) is 1.06. The molecule has 1 heterocycles. The molecule has 1 fully saturated rings. The number of nitrogens with one attached hydrogen (secondary N) is 1. The van der Waals surface area contributed by atoms with Crippen molar-refractivity contribution < 1.29 is 8.42 Å². The Balaban J connectivity index is 1.74. The number of hydrogen-bond donors (Lipinski definition) is 1. The van der Waals surface area contributed by atoms with Gasteiger partial charge in [0.25, 0.3) is 0 Å². The zero-order valence-electron chi connectivity index (χ0n) is 13.7. The van der Waals surface area contributed by atoms with Crippen molar-refractivity contribution in [2.45, 2.75) is 39.2 Å². The Morgan fingerprint density at radius 1 is 1.23 bits per heavy atom. The number of piperidine rings is 1. The van der Waals surface area contributed by atoms with Gasteiger partial charge in [0, 0.05) is 12.6 Å². The molecule has 1 unspecified atom stereocenters. The van der Waals surface area contributed by atoms with E-state index < -0.39 is 10.0 Å². The van der Waals surface area contributed by atoms with Gasteiger partial charge in [0.1, 0.15) is 0 Å². The molecule has 0 amide bonds. The lowest BCUT2D eigenvalue weighted by Crippen LogP contribution is -2.45. The summed E-state index contributed by atoms with van der Waals surface area (Å²) in [6.45, 7) is 7.05. The van der Waals surface area contributed by atoms with Crippen LogP contribution in [0.2, 0.25) is 0 Å². The minimum Gasteiger partial charge on any atom is -0.299 e. The third-order valence-corrected chi connectivity index (χ3v) is 5.89. The minimum absolute atomic E-state index is 0.154. The molecule has 0 saturated carbocycles. The van der Waals surface area contributed by atoms with Gasteiger partial charge in [0.15, 0.2) is 0 Å². The Labute approximate surface area is 135 Å². The van der Waals surface area contributed by atoms with Crippen LogP contribution in [0.1, 0.15) is 32.3 Å². The Morgan fingerprint density at radius 2 is 1.86 bits per heavy atom. The lowest BCUT2D eigenvalue weighted by Gasteiger charge is -2.34. The molecule has 0 spiro atoms. The van der Waals surface area contributed by atoms with Crippen molar-refractivity contribution in [2.24, 2.45) is 5.92 Å². The van der Waals surface area contributed by atoms with Gasteiger partial charge in [-0.15, -0.1) is 0 Å². The van der Waals surface area contributed by atoms with Gasteiger partial charge in [0.05, 0.1) is 5.75 Å². The monoisotopic (exact) mass is 324 g/mol. The summed E-state index contributed by atoms with van der Waals surface area (Å²) in [4.78, 5) is 2.39. The molecule has 0 radical (unpaired) electrons. The summed E-state index contributed by atoms with van der Waals surface area (Å²) in [6, 6.07) is 10.0. The SMILES string of the molecule is CC1CCN(C(C)CNS(=O)(=O)CCc2ccccc2)CC1. The van der Waals surface area contributed by atoms with Crippen LogP contribution in [-0.4, -0.2) is 44.7 Å². The molecule has 1 aromatic rings.